The van der Waals surface area contributed by atoms with Gasteiger partial charge in [0.05, 0.1) is 13.2 Å². The monoisotopic (exact) mass is 152 g/mol. The fourth-order valence-electron chi connectivity index (χ4n) is 0.897. The first-order valence-electron chi connectivity index (χ1n) is 3.53. The second-order valence-electron chi connectivity index (χ2n) is 2.32. The van der Waals surface area contributed by atoms with Gasteiger partial charge < -0.3 is 4.84 Å². The number of hydrogen-bond donors (Lipinski definition) is 1. The van der Waals surface area contributed by atoms with Crippen LogP contribution in [0.1, 0.15) is 18.5 Å². The Kier molecular flexibility index (Phi) is 3.01. The molecular weight excluding hydrogens is 140 g/mol. The lowest BCUT2D eigenvalue weighted by molar-refractivity contribution is 0.0658. The lowest BCUT2D eigenvalue weighted by Gasteiger charge is -2.10. The van der Waals surface area contributed by atoms with Crippen molar-refractivity contribution in [2.75, 3.05) is 7.11 Å². The zero-order valence-corrected chi connectivity index (χ0v) is 6.74. The maximum atomic E-state index is 4.79. The molecule has 0 saturated carbocycles. The molecule has 1 aromatic heterocycles. The summed E-state index contributed by atoms with van der Waals surface area (Å²) in [5.74, 6) is 0. The van der Waals surface area contributed by atoms with E-state index in [-0.39, 0.29) is 6.04 Å². The van der Waals surface area contributed by atoms with Gasteiger partial charge in [0.25, 0.3) is 0 Å². The third-order valence-electron chi connectivity index (χ3n) is 1.50. The van der Waals surface area contributed by atoms with Crippen molar-refractivity contribution in [2.24, 2.45) is 0 Å². The van der Waals surface area contributed by atoms with Gasteiger partial charge in [-0.25, -0.2) is 0 Å². The maximum Gasteiger partial charge on any atom is 0.0572 e. The summed E-state index contributed by atoms with van der Waals surface area (Å²) < 4.78 is 0. The summed E-state index contributed by atoms with van der Waals surface area (Å²) in [5.41, 5.74) is 4.00. The standard InChI is InChI=1S/C8H12N2O/c1-7(10-11-2)8-3-5-9-6-4-8/h3-7,10H,1-2H3. The Morgan fingerprint density at radius 3 is 2.64 bits per heavy atom. The average molecular weight is 152 g/mol. The van der Waals surface area contributed by atoms with Gasteiger partial charge in [0.15, 0.2) is 0 Å². The molecule has 0 fully saturated rings. The van der Waals surface area contributed by atoms with Gasteiger partial charge in [-0.15, -0.1) is 0 Å². The van der Waals surface area contributed by atoms with E-state index < -0.39 is 0 Å². The minimum absolute atomic E-state index is 0.211. The number of nitrogens with one attached hydrogen (secondary N) is 1. The van der Waals surface area contributed by atoms with Gasteiger partial charge >= 0.3 is 0 Å². The molecule has 1 atom stereocenters. The van der Waals surface area contributed by atoms with Crippen LogP contribution in [0.5, 0.6) is 0 Å². The van der Waals surface area contributed by atoms with E-state index in [0.29, 0.717) is 0 Å². The predicted molar refractivity (Wildman–Crippen MR) is 42.8 cm³/mol. The summed E-state index contributed by atoms with van der Waals surface area (Å²) in [7, 11) is 1.61. The largest absolute Gasteiger partial charge is 0.305 e. The van der Waals surface area contributed by atoms with Gasteiger partial charge in [0.1, 0.15) is 0 Å². The minimum atomic E-state index is 0.211. The number of hydrogen-bond acceptors (Lipinski definition) is 3. The van der Waals surface area contributed by atoms with E-state index >= 15 is 0 Å². The highest BCUT2D eigenvalue weighted by molar-refractivity contribution is 5.13. The number of hydroxylamine groups is 1. The molecule has 0 saturated heterocycles. The van der Waals surface area contributed by atoms with E-state index in [9.17, 15) is 0 Å². The fourth-order valence-corrected chi connectivity index (χ4v) is 0.897. The quantitative estimate of drug-likeness (QED) is 0.663. The number of pyridine rings is 1. The average Bonchev–Trinajstić information content (AvgIpc) is 2.07. The molecule has 0 aliphatic carbocycles. The van der Waals surface area contributed by atoms with E-state index in [1.165, 1.54) is 5.56 Å². The van der Waals surface area contributed by atoms with E-state index in [1.807, 2.05) is 19.1 Å². The summed E-state index contributed by atoms with van der Waals surface area (Å²) >= 11 is 0. The van der Waals surface area contributed by atoms with Crippen LogP contribution in [0, 0.1) is 0 Å². The Bertz CT molecular complexity index is 201. The Morgan fingerprint density at radius 1 is 1.45 bits per heavy atom. The van der Waals surface area contributed by atoms with Crippen molar-refractivity contribution in [3.8, 4) is 0 Å². The van der Waals surface area contributed by atoms with Gasteiger partial charge in [-0.1, -0.05) is 0 Å². The zero-order valence-electron chi connectivity index (χ0n) is 6.74. The molecule has 0 spiro atoms. The SMILES string of the molecule is CONC(C)c1ccncc1. The first-order valence-corrected chi connectivity index (χ1v) is 3.53. The van der Waals surface area contributed by atoms with Crippen LogP contribution in [0.25, 0.3) is 0 Å². The van der Waals surface area contributed by atoms with Gasteiger partial charge in [0, 0.05) is 12.4 Å². The normalized spacial score (nSPS) is 12.9. The highest BCUT2D eigenvalue weighted by atomic mass is 16.6. The van der Waals surface area contributed by atoms with E-state index in [4.69, 9.17) is 4.84 Å². The molecule has 1 aromatic rings. The lowest BCUT2D eigenvalue weighted by atomic mass is 10.1. The van der Waals surface area contributed by atoms with Crippen molar-refractivity contribution in [1.29, 1.82) is 0 Å². The Hall–Kier alpha value is -0.930. The molecule has 0 aliphatic heterocycles. The smallest absolute Gasteiger partial charge is 0.0572 e. The summed E-state index contributed by atoms with van der Waals surface area (Å²) in [6.07, 6.45) is 3.53. The first kappa shape index (κ1) is 8.17. The molecule has 1 N–H and O–H groups in total. The molecule has 1 rings (SSSR count). The van der Waals surface area contributed by atoms with Crippen LogP contribution in [0.4, 0.5) is 0 Å². The highest BCUT2D eigenvalue weighted by Crippen LogP contribution is 2.08. The second kappa shape index (κ2) is 4.05. The van der Waals surface area contributed by atoms with Crippen LogP contribution in [-0.4, -0.2) is 12.1 Å². The molecule has 0 aliphatic rings. The molecule has 1 heterocycles. The van der Waals surface area contributed by atoms with E-state index in [2.05, 4.69) is 10.5 Å². The van der Waals surface area contributed by atoms with Gasteiger partial charge in [-0.2, -0.15) is 5.48 Å². The van der Waals surface area contributed by atoms with Crippen molar-refractivity contribution in [1.82, 2.24) is 10.5 Å². The molecule has 60 valence electrons. The molecule has 0 radical (unpaired) electrons. The third kappa shape index (κ3) is 2.29. The number of nitrogens with zero attached hydrogens (tertiary/aromatic N) is 1. The summed E-state index contributed by atoms with van der Waals surface area (Å²) in [4.78, 5) is 8.71. The van der Waals surface area contributed by atoms with Crippen molar-refractivity contribution in [3.05, 3.63) is 30.1 Å². The van der Waals surface area contributed by atoms with Crippen LogP contribution in [0.15, 0.2) is 24.5 Å². The first-order chi connectivity index (χ1) is 5.34. The van der Waals surface area contributed by atoms with Crippen LogP contribution >= 0.6 is 0 Å². The number of rotatable bonds is 3. The summed E-state index contributed by atoms with van der Waals surface area (Å²) in [6, 6.07) is 4.12. The molecule has 0 bridgehead atoms. The molecule has 0 amide bonds. The molecule has 3 heteroatoms. The zero-order chi connectivity index (χ0) is 8.10. The molecule has 1 unspecified atom stereocenters. The Labute approximate surface area is 66.4 Å². The second-order valence-corrected chi connectivity index (χ2v) is 2.32. The molecule has 11 heavy (non-hydrogen) atoms. The third-order valence-corrected chi connectivity index (χ3v) is 1.50. The van der Waals surface area contributed by atoms with Crippen molar-refractivity contribution in [3.63, 3.8) is 0 Å². The highest BCUT2D eigenvalue weighted by Gasteiger charge is 2.01. The summed E-state index contributed by atoms with van der Waals surface area (Å²) in [6.45, 7) is 2.03. The van der Waals surface area contributed by atoms with Crippen molar-refractivity contribution >= 4 is 0 Å². The van der Waals surface area contributed by atoms with Gasteiger partial charge in [-0.05, 0) is 24.6 Å². The van der Waals surface area contributed by atoms with E-state index in [1.54, 1.807) is 19.5 Å². The van der Waals surface area contributed by atoms with Gasteiger partial charge in [0.2, 0.25) is 0 Å². The predicted octanol–water partition coefficient (Wildman–Crippen LogP) is 1.29. The molecule has 3 nitrogen and oxygen atoms in total. The fraction of sp³-hybridized carbons (Fsp3) is 0.375. The van der Waals surface area contributed by atoms with Gasteiger partial charge in [-0.3, -0.25) is 4.98 Å². The topological polar surface area (TPSA) is 34.1 Å². The van der Waals surface area contributed by atoms with Crippen molar-refractivity contribution in [2.45, 2.75) is 13.0 Å². The van der Waals surface area contributed by atoms with Crippen LogP contribution in [0.2, 0.25) is 0 Å². The number of aromatic nitrogens is 1. The van der Waals surface area contributed by atoms with E-state index in [0.717, 1.165) is 0 Å². The van der Waals surface area contributed by atoms with Crippen LogP contribution in [-0.2, 0) is 4.84 Å². The molecule has 0 aromatic carbocycles. The Morgan fingerprint density at radius 2 is 2.09 bits per heavy atom. The maximum absolute atomic E-state index is 4.79. The summed E-state index contributed by atoms with van der Waals surface area (Å²) in [5, 5.41) is 0. The van der Waals surface area contributed by atoms with Crippen LogP contribution < -0.4 is 5.48 Å². The van der Waals surface area contributed by atoms with Crippen molar-refractivity contribution < 1.29 is 4.84 Å². The van der Waals surface area contributed by atoms with Crippen LogP contribution in [0.3, 0.4) is 0 Å². The minimum Gasteiger partial charge on any atom is -0.305 e. The molecular formula is C8H12N2O. The lowest BCUT2D eigenvalue weighted by Crippen LogP contribution is -2.16. The Balaban J connectivity index is 2.61.